The average molecular weight is 559 g/mol. The number of rotatable bonds is 5. The molecular formula is C29H34N8O2S. The van der Waals surface area contributed by atoms with E-state index in [2.05, 4.69) is 46.9 Å². The molecule has 0 atom stereocenters. The third-order valence-electron chi connectivity index (χ3n) is 7.84. The Bertz CT molecular complexity index is 1520. The van der Waals surface area contributed by atoms with Crippen molar-refractivity contribution in [3.05, 3.63) is 47.8 Å². The Kier molecular flexibility index (Phi) is 7.35. The van der Waals surface area contributed by atoms with E-state index >= 15 is 0 Å². The van der Waals surface area contributed by atoms with Crippen LogP contribution in [0.4, 0.5) is 11.8 Å². The van der Waals surface area contributed by atoms with Gasteiger partial charge in [-0.15, -0.1) is 11.3 Å². The molecule has 11 heteroatoms. The maximum absolute atomic E-state index is 13.5. The molecule has 3 aromatic heterocycles. The minimum absolute atomic E-state index is 0.0947. The summed E-state index contributed by atoms with van der Waals surface area (Å²) in [5, 5.41) is 0. The predicted molar refractivity (Wildman–Crippen MR) is 159 cm³/mol. The summed E-state index contributed by atoms with van der Waals surface area (Å²) in [6, 6.07) is 8.52. The molecule has 0 spiro atoms. The number of carbonyl (C=O) groups excluding carboxylic acids is 1. The molecule has 6 rings (SSSR count). The summed E-state index contributed by atoms with van der Waals surface area (Å²) in [7, 11) is 4.22. The molecule has 2 fully saturated rings. The number of nitrogens with zero attached hydrogens (tertiary/aromatic N) is 7. The highest BCUT2D eigenvalue weighted by Crippen LogP contribution is 2.42. The van der Waals surface area contributed by atoms with Crippen molar-refractivity contribution in [2.75, 3.05) is 64.1 Å². The Hall–Kier alpha value is -3.67. The summed E-state index contributed by atoms with van der Waals surface area (Å²) in [6.07, 6.45) is 5.31. The van der Waals surface area contributed by atoms with E-state index in [9.17, 15) is 4.79 Å². The van der Waals surface area contributed by atoms with Crippen molar-refractivity contribution in [3.8, 4) is 21.8 Å². The van der Waals surface area contributed by atoms with E-state index in [1.54, 1.807) is 23.7 Å². The SMILES string of the molecule is Cc1c(-c2cccc(C(=O)N3CCC(N(C)C)CC3)c2)sc2c(N3CCOCC3)nc(-c3cnc(N)nc3)nc12. The van der Waals surface area contributed by atoms with Gasteiger partial charge in [0.1, 0.15) is 0 Å². The first-order valence-corrected chi connectivity index (χ1v) is 14.5. The van der Waals surface area contributed by atoms with Crippen LogP contribution in [0, 0.1) is 6.92 Å². The van der Waals surface area contributed by atoms with Gasteiger partial charge in [-0.25, -0.2) is 19.9 Å². The molecule has 2 saturated heterocycles. The minimum Gasteiger partial charge on any atom is -0.378 e. The number of ether oxygens (including phenoxy) is 1. The van der Waals surface area contributed by atoms with Gasteiger partial charge in [0.05, 0.1) is 29.0 Å². The van der Waals surface area contributed by atoms with E-state index in [4.69, 9.17) is 20.4 Å². The summed E-state index contributed by atoms with van der Waals surface area (Å²) in [5.74, 6) is 1.75. The Labute approximate surface area is 237 Å². The molecule has 1 amide bonds. The van der Waals surface area contributed by atoms with Crippen LogP contribution in [0.15, 0.2) is 36.7 Å². The van der Waals surface area contributed by atoms with Crippen molar-refractivity contribution < 1.29 is 9.53 Å². The Morgan fingerprint density at radius 3 is 2.48 bits per heavy atom. The van der Waals surface area contributed by atoms with Gasteiger partial charge in [-0.2, -0.15) is 0 Å². The maximum Gasteiger partial charge on any atom is 0.253 e. The number of nitrogen functional groups attached to an aromatic ring is 1. The van der Waals surface area contributed by atoms with Gasteiger partial charge < -0.3 is 25.2 Å². The molecule has 2 N–H and O–H groups in total. The number of thiophene rings is 1. The monoisotopic (exact) mass is 558 g/mol. The van der Waals surface area contributed by atoms with E-state index in [1.807, 2.05) is 23.1 Å². The molecule has 2 aliphatic rings. The van der Waals surface area contributed by atoms with Gasteiger partial charge in [-0.05, 0) is 57.1 Å². The lowest BCUT2D eigenvalue weighted by Crippen LogP contribution is -2.44. The molecule has 2 aliphatic heterocycles. The molecule has 0 bridgehead atoms. The first-order chi connectivity index (χ1) is 19.4. The lowest BCUT2D eigenvalue weighted by Gasteiger charge is -2.35. The van der Waals surface area contributed by atoms with Gasteiger partial charge in [-0.1, -0.05) is 12.1 Å². The summed E-state index contributed by atoms with van der Waals surface area (Å²) < 4.78 is 6.63. The van der Waals surface area contributed by atoms with Crippen LogP contribution in [0.1, 0.15) is 28.8 Å². The molecule has 1 aromatic carbocycles. The van der Waals surface area contributed by atoms with Crippen molar-refractivity contribution in [3.63, 3.8) is 0 Å². The van der Waals surface area contributed by atoms with E-state index in [0.29, 0.717) is 30.6 Å². The number of hydrogen-bond acceptors (Lipinski definition) is 10. The van der Waals surface area contributed by atoms with E-state index in [-0.39, 0.29) is 11.9 Å². The number of benzene rings is 1. The highest BCUT2D eigenvalue weighted by molar-refractivity contribution is 7.23. The Morgan fingerprint density at radius 2 is 1.77 bits per heavy atom. The molecule has 10 nitrogen and oxygen atoms in total. The summed E-state index contributed by atoms with van der Waals surface area (Å²) in [5.41, 5.74) is 10.1. The lowest BCUT2D eigenvalue weighted by atomic mass is 10.0. The molecule has 40 heavy (non-hydrogen) atoms. The van der Waals surface area contributed by atoms with Crippen molar-refractivity contribution in [1.82, 2.24) is 29.7 Å². The molecule has 0 saturated carbocycles. The third-order valence-corrected chi connectivity index (χ3v) is 9.17. The van der Waals surface area contributed by atoms with E-state index < -0.39 is 0 Å². The number of carbonyl (C=O) groups is 1. The summed E-state index contributed by atoms with van der Waals surface area (Å²) >= 11 is 1.67. The quantitative estimate of drug-likeness (QED) is 0.392. The number of fused-ring (bicyclic) bond motifs is 1. The Morgan fingerprint density at radius 1 is 1.05 bits per heavy atom. The van der Waals surface area contributed by atoms with Crippen LogP contribution >= 0.6 is 11.3 Å². The maximum atomic E-state index is 13.5. The number of morpholine rings is 1. The Balaban J connectivity index is 1.38. The number of aromatic nitrogens is 4. The molecule has 0 aliphatic carbocycles. The van der Waals surface area contributed by atoms with Crippen molar-refractivity contribution >= 4 is 39.2 Å². The largest absolute Gasteiger partial charge is 0.378 e. The molecule has 0 radical (unpaired) electrons. The molecule has 0 unspecified atom stereocenters. The number of likely N-dealkylation sites (tertiary alicyclic amines) is 1. The molecular weight excluding hydrogens is 524 g/mol. The van der Waals surface area contributed by atoms with Crippen LogP contribution in [-0.2, 0) is 4.74 Å². The zero-order valence-corrected chi connectivity index (χ0v) is 23.9. The smallest absolute Gasteiger partial charge is 0.253 e. The summed E-state index contributed by atoms with van der Waals surface area (Å²) in [4.78, 5) is 39.3. The van der Waals surface area contributed by atoms with Crippen molar-refractivity contribution in [2.24, 2.45) is 0 Å². The van der Waals surface area contributed by atoms with Gasteiger partial charge in [-0.3, -0.25) is 4.79 Å². The van der Waals surface area contributed by atoms with Crippen LogP contribution in [0.3, 0.4) is 0 Å². The van der Waals surface area contributed by atoms with Gasteiger partial charge in [0, 0.05) is 55.1 Å². The molecule has 5 heterocycles. The predicted octanol–water partition coefficient (Wildman–Crippen LogP) is 3.71. The van der Waals surface area contributed by atoms with Gasteiger partial charge >= 0.3 is 0 Å². The first-order valence-electron chi connectivity index (χ1n) is 13.7. The standard InChI is InChI=1S/C29H34N8O2S/c1-18-23-25(27(36-11-13-39-14-12-36)34-26(33-23)21-16-31-29(30)32-17-21)40-24(18)19-5-4-6-20(15-19)28(38)37-9-7-22(8-10-37)35(2)3/h4-6,15-17,22H,7-14H2,1-3H3,(H2,30,31,32). The van der Waals surface area contributed by atoms with Crippen molar-refractivity contribution in [2.45, 2.75) is 25.8 Å². The number of amides is 1. The second kappa shape index (κ2) is 11.1. The number of piperidine rings is 1. The second-order valence-electron chi connectivity index (χ2n) is 10.6. The zero-order valence-electron chi connectivity index (χ0n) is 23.1. The normalized spacial score (nSPS) is 16.7. The fraction of sp³-hybridized carbons (Fsp3) is 0.414. The number of nitrogens with two attached hydrogens (primary N) is 1. The van der Waals surface area contributed by atoms with E-state index in [0.717, 1.165) is 76.6 Å². The second-order valence-corrected chi connectivity index (χ2v) is 11.6. The third kappa shape index (κ3) is 5.12. The van der Waals surface area contributed by atoms with Crippen LogP contribution < -0.4 is 10.6 Å². The van der Waals surface area contributed by atoms with Gasteiger partial charge in [0.2, 0.25) is 5.95 Å². The average Bonchev–Trinajstić information content (AvgIpc) is 3.33. The van der Waals surface area contributed by atoms with E-state index in [1.165, 1.54) is 0 Å². The van der Waals surface area contributed by atoms with Gasteiger partial charge in [0.15, 0.2) is 11.6 Å². The first kappa shape index (κ1) is 26.5. The highest BCUT2D eigenvalue weighted by Gasteiger charge is 2.26. The van der Waals surface area contributed by atoms with Crippen LogP contribution in [0.5, 0.6) is 0 Å². The van der Waals surface area contributed by atoms with Crippen molar-refractivity contribution in [1.29, 1.82) is 0 Å². The fourth-order valence-corrected chi connectivity index (χ4v) is 6.74. The molecule has 4 aromatic rings. The topological polar surface area (TPSA) is 114 Å². The van der Waals surface area contributed by atoms with Gasteiger partial charge in [0.25, 0.3) is 5.91 Å². The summed E-state index contributed by atoms with van der Waals surface area (Å²) in [6.45, 7) is 6.47. The zero-order chi connectivity index (χ0) is 27.8. The fourth-order valence-electron chi connectivity index (χ4n) is 5.48. The lowest BCUT2D eigenvalue weighted by molar-refractivity contribution is 0.0663. The minimum atomic E-state index is 0.0947. The number of anilines is 2. The number of aryl methyl sites for hydroxylation is 1. The highest BCUT2D eigenvalue weighted by atomic mass is 32.1. The van der Waals surface area contributed by atoms with Crippen LogP contribution in [0.2, 0.25) is 0 Å². The van der Waals surface area contributed by atoms with Crippen LogP contribution in [0.25, 0.3) is 32.0 Å². The molecule has 208 valence electrons. The number of hydrogen-bond donors (Lipinski definition) is 1. The van der Waals surface area contributed by atoms with Crippen LogP contribution in [-0.4, -0.2) is 95.2 Å².